The zero-order valence-electron chi connectivity index (χ0n) is 9.28. The van der Waals surface area contributed by atoms with Crippen LogP contribution in [0.25, 0.3) is 0 Å². The van der Waals surface area contributed by atoms with Crippen LogP contribution in [0.1, 0.15) is 20.8 Å². The van der Waals surface area contributed by atoms with E-state index in [9.17, 15) is 9.59 Å². The third kappa shape index (κ3) is 2.30. The summed E-state index contributed by atoms with van der Waals surface area (Å²) in [6.45, 7) is 5.60. The molecule has 0 aromatic rings. The fourth-order valence-corrected chi connectivity index (χ4v) is 1.56. The molecule has 2 atom stereocenters. The smallest absolute Gasteiger partial charge is 0.246 e. The number of amides is 2. The molecule has 4 heteroatoms. The van der Waals surface area contributed by atoms with E-state index in [1.165, 1.54) is 4.90 Å². The van der Waals surface area contributed by atoms with Crippen molar-refractivity contribution >= 4 is 11.8 Å². The average Bonchev–Trinajstić information content (AvgIpc) is 2.19. The lowest BCUT2D eigenvalue weighted by molar-refractivity contribution is -0.146. The first-order chi connectivity index (χ1) is 6.97. The van der Waals surface area contributed by atoms with Crippen LogP contribution in [0.2, 0.25) is 0 Å². The van der Waals surface area contributed by atoms with Crippen LogP contribution < -0.4 is 5.32 Å². The second-order valence-electron chi connectivity index (χ2n) is 4.10. The van der Waals surface area contributed by atoms with Gasteiger partial charge in [-0.25, -0.2) is 0 Å². The van der Waals surface area contributed by atoms with Crippen LogP contribution in [-0.2, 0) is 9.59 Å². The van der Waals surface area contributed by atoms with Crippen LogP contribution in [0.3, 0.4) is 0 Å². The zero-order valence-corrected chi connectivity index (χ0v) is 9.28. The summed E-state index contributed by atoms with van der Waals surface area (Å²) < 4.78 is 0. The highest BCUT2D eigenvalue weighted by Gasteiger charge is 2.36. The van der Waals surface area contributed by atoms with E-state index in [0.29, 0.717) is 0 Å². The van der Waals surface area contributed by atoms with Crippen molar-refractivity contribution in [1.82, 2.24) is 10.2 Å². The molecule has 0 aromatic heterocycles. The number of hydrogen-bond acceptors (Lipinski definition) is 2. The highest BCUT2D eigenvalue weighted by atomic mass is 16.2. The normalized spacial score (nSPS) is 23.7. The summed E-state index contributed by atoms with van der Waals surface area (Å²) in [4.78, 5) is 24.8. The van der Waals surface area contributed by atoms with Crippen LogP contribution in [-0.4, -0.2) is 35.3 Å². The third-order valence-electron chi connectivity index (χ3n) is 2.55. The molecule has 82 valence electrons. The van der Waals surface area contributed by atoms with Crippen molar-refractivity contribution in [3.05, 3.63) is 0 Å². The van der Waals surface area contributed by atoms with Crippen LogP contribution in [0, 0.1) is 18.3 Å². The molecule has 0 aromatic carbocycles. The number of nitrogens with one attached hydrogen (secondary N) is 1. The summed E-state index contributed by atoms with van der Waals surface area (Å²) in [6.07, 6.45) is 5.26. The number of terminal acetylenes is 1. The van der Waals surface area contributed by atoms with Crippen molar-refractivity contribution in [3.8, 4) is 12.3 Å². The van der Waals surface area contributed by atoms with Gasteiger partial charge in [0.2, 0.25) is 11.8 Å². The Bertz CT molecular complexity index is 317. The lowest BCUT2D eigenvalue weighted by Crippen LogP contribution is -2.61. The monoisotopic (exact) mass is 208 g/mol. The molecule has 2 amide bonds. The Kier molecular flexibility index (Phi) is 3.35. The summed E-state index contributed by atoms with van der Waals surface area (Å²) in [5, 5.41) is 2.68. The first-order valence-electron chi connectivity index (χ1n) is 5.03. The van der Waals surface area contributed by atoms with E-state index in [1.807, 2.05) is 13.8 Å². The Labute approximate surface area is 90.0 Å². The molecule has 1 aliphatic heterocycles. The molecule has 1 rings (SSSR count). The molecular weight excluding hydrogens is 192 g/mol. The average molecular weight is 208 g/mol. The molecule has 0 bridgehead atoms. The van der Waals surface area contributed by atoms with Crippen molar-refractivity contribution in [3.63, 3.8) is 0 Å². The second kappa shape index (κ2) is 4.35. The fourth-order valence-electron chi connectivity index (χ4n) is 1.56. The Hall–Kier alpha value is -1.50. The second-order valence-corrected chi connectivity index (χ2v) is 4.10. The molecule has 15 heavy (non-hydrogen) atoms. The largest absolute Gasteiger partial charge is 0.343 e. The number of carbonyl (C=O) groups excluding carboxylic acids is 2. The SMILES string of the molecule is C#CC(C)N1CC(=O)NC(C(C)C)C1=O. The Morgan fingerprint density at radius 3 is 2.53 bits per heavy atom. The van der Waals surface area contributed by atoms with E-state index < -0.39 is 6.04 Å². The summed E-state index contributed by atoms with van der Waals surface area (Å²) >= 11 is 0. The van der Waals surface area contributed by atoms with Gasteiger partial charge in [-0.05, 0) is 12.8 Å². The lowest BCUT2D eigenvalue weighted by atomic mass is 10.00. The van der Waals surface area contributed by atoms with Gasteiger partial charge in [0.15, 0.2) is 0 Å². The molecule has 1 N–H and O–H groups in total. The maximum Gasteiger partial charge on any atom is 0.246 e. The van der Waals surface area contributed by atoms with Gasteiger partial charge in [-0.2, -0.15) is 0 Å². The highest BCUT2D eigenvalue weighted by molar-refractivity contribution is 5.95. The molecule has 1 aliphatic rings. The van der Waals surface area contributed by atoms with Crippen molar-refractivity contribution in [2.24, 2.45) is 5.92 Å². The molecular formula is C11H16N2O2. The van der Waals surface area contributed by atoms with Crippen LogP contribution >= 0.6 is 0 Å². The van der Waals surface area contributed by atoms with Crippen molar-refractivity contribution in [2.75, 3.05) is 6.54 Å². The van der Waals surface area contributed by atoms with E-state index in [0.717, 1.165) is 0 Å². The number of hydrogen-bond donors (Lipinski definition) is 1. The van der Waals surface area contributed by atoms with Crippen LogP contribution in [0.4, 0.5) is 0 Å². The molecule has 2 unspecified atom stereocenters. The topological polar surface area (TPSA) is 49.4 Å². The van der Waals surface area contributed by atoms with Gasteiger partial charge in [0, 0.05) is 0 Å². The molecule has 0 saturated carbocycles. The van der Waals surface area contributed by atoms with Crippen molar-refractivity contribution in [2.45, 2.75) is 32.9 Å². The molecule has 1 heterocycles. The fraction of sp³-hybridized carbons (Fsp3) is 0.636. The number of nitrogens with zero attached hydrogens (tertiary/aromatic N) is 1. The molecule has 0 radical (unpaired) electrons. The number of rotatable bonds is 2. The minimum atomic E-state index is -0.443. The van der Waals surface area contributed by atoms with Crippen LogP contribution in [0.5, 0.6) is 0 Å². The Morgan fingerprint density at radius 2 is 2.07 bits per heavy atom. The maximum absolute atomic E-state index is 11.9. The first kappa shape index (κ1) is 11.6. The molecule has 1 saturated heterocycles. The van der Waals surface area contributed by atoms with E-state index in [-0.39, 0.29) is 30.3 Å². The van der Waals surface area contributed by atoms with Gasteiger partial charge in [0.25, 0.3) is 0 Å². The van der Waals surface area contributed by atoms with Crippen molar-refractivity contribution < 1.29 is 9.59 Å². The maximum atomic E-state index is 11.9. The van der Waals surface area contributed by atoms with E-state index in [2.05, 4.69) is 11.2 Å². The van der Waals surface area contributed by atoms with Crippen LogP contribution in [0.15, 0.2) is 0 Å². The number of piperazine rings is 1. The van der Waals surface area contributed by atoms with E-state index >= 15 is 0 Å². The zero-order chi connectivity index (χ0) is 11.6. The van der Waals surface area contributed by atoms with Gasteiger partial charge < -0.3 is 10.2 Å². The minimum absolute atomic E-state index is 0.0629. The quantitative estimate of drug-likeness (QED) is 0.649. The minimum Gasteiger partial charge on any atom is -0.343 e. The van der Waals surface area contributed by atoms with Gasteiger partial charge in [0.1, 0.15) is 12.6 Å². The lowest BCUT2D eigenvalue weighted by Gasteiger charge is -2.36. The number of carbonyl (C=O) groups is 2. The third-order valence-corrected chi connectivity index (χ3v) is 2.55. The molecule has 0 spiro atoms. The van der Waals surface area contributed by atoms with Gasteiger partial charge >= 0.3 is 0 Å². The predicted octanol–water partition coefficient (Wildman–Crippen LogP) is -0.00890. The standard InChI is InChI=1S/C11H16N2O2/c1-5-8(4)13-6-9(14)12-10(7(2)3)11(13)15/h1,7-8,10H,6H2,2-4H3,(H,12,14). The Morgan fingerprint density at radius 1 is 1.47 bits per heavy atom. The highest BCUT2D eigenvalue weighted by Crippen LogP contribution is 2.12. The van der Waals surface area contributed by atoms with E-state index in [4.69, 9.17) is 6.42 Å². The van der Waals surface area contributed by atoms with E-state index in [1.54, 1.807) is 6.92 Å². The predicted molar refractivity (Wildman–Crippen MR) is 56.8 cm³/mol. The Balaban J connectivity index is 2.87. The van der Waals surface area contributed by atoms with Gasteiger partial charge in [0.05, 0.1) is 6.04 Å². The molecule has 4 nitrogen and oxygen atoms in total. The molecule has 1 fully saturated rings. The van der Waals surface area contributed by atoms with Gasteiger partial charge in [-0.15, -0.1) is 6.42 Å². The summed E-state index contributed by atoms with van der Waals surface area (Å²) in [6, 6.07) is -0.771. The molecule has 0 aliphatic carbocycles. The van der Waals surface area contributed by atoms with Gasteiger partial charge in [-0.1, -0.05) is 19.8 Å². The van der Waals surface area contributed by atoms with Gasteiger partial charge in [-0.3, -0.25) is 9.59 Å². The summed E-state index contributed by atoms with van der Waals surface area (Å²) in [5.74, 6) is 2.32. The van der Waals surface area contributed by atoms with Crippen molar-refractivity contribution in [1.29, 1.82) is 0 Å². The summed E-state index contributed by atoms with van der Waals surface area (Å²) in [7, 11) is 0. The summed E-state index contributed by atoms with van der Waals surface area (Å²) in [5.41, 5.74) is 0. The first-order valence-corrected chi connectivity index (χ1v) is 5.03.